The van der Waals surface area contributed by atoms with Crippen LogP contribution in [0.1, 0.15) is 0 Å². The van der Waals surface area contributed by atoms with Crippen molar-refractivity contribution in [3.63, 3.8) is 0 Å². The molecule has 0 radical (unpaired) electrons. The van der Waals surface area contributed by atoms with Crippen molar-refractivity contribution in [3.05, 3.63) is 54.3 Å². The van der Waals surface area contributed by atoms with Gasteiger partial charge >= 0.3 is 0 Å². The van der Waals surface area contributed by atoms with Gasteiger partial charge in [-0.3, -0.25) is 4.79 Å². The average Bonchev–Trinajstić information content (AvgIpc) is 2.55. The van der Waals surface area contributed by atoms with Gasteiger partial charge in [0.1, 0.15) is 5.82 Å². The van der Waals surface area contributed by atoms with Gasteiger partial charge in [0.05, 0.1) is 11.4 Å². The summed E-state index contributed by atoms with van der Waals surface area (Å²) < 4.78 is 38.5. The summed E-state index contributed by atoms with van der Waals surface area (Å²) in [5, 5.41) is 2.64. The number of amides is 1. The van der Waals surface area contributed by atoms with Crippen LogP contribution in [-0.2, 0) is 14.8 Å². The van der Waals surface area contributed by atoms with Gasteiger partial charge in [-0.25, -0.2) is 12.8 Å². The van der Waals surface area contributed by atoms with Crippen LogP contribution in [0.4, 0.5) is 10.1 Å². The Kier molecular flexibility index (Phi) is 5.98. The molecule has 1 N–H and O–H groups in total. The third-order valence-electron chi connectivity index (χ3n) is 3.26. The molecule has 24 heavy (non-hydrogen) atoms. The maximum absolute atomic E-state index is 12.9. The zero-order valence-corrected chi connectivity index (χ0v) is 14.8. The lowest BCUT2D eigenvalue weighted by molar-refractivity contribution is -0.116. The number of rotatable bonds is 6. The fraction of sp³-hybridized carbons (Fsp3) is 0.188. The van der Waals surface area contributed by atoms with Crippen LogP contribution in [0.3, 0.4) is 0 Å². The molecule has 0 aromatic heterocycles. The molecule has 2 rings (SSSR count). The molecule has 0 heterocycles. The molecular formula is C16H17FN2O3S2. The van der Waals surface area contributed by atoms with E-state index in [2.05, 4.69) is 5.32 Å². The first kappa shape index (κ1) is 18.4. The lowest BCUT2D eigenvalue weighted by Crippen LogP contribution is -2.34. The quantitative estimate of drug-likeness (QED) is 0.796. The number of benzene rings is 2. The van der Waals surface area contributed by atoms with Gasteiger partial charge in [-0.05, 0) is 54.8 Å². The number of nitrogens with zero attached hydrogens (tertiary/aromatic N) is 1. The molecule has 5 nitrogen and oxygen atoms in total. The summed E-state index contributed by atoms with van der Waals surface area (Å²) in [5.74, 6) is -0.983. The molecule has 0 spiro atoms. The maximum Gasteiger partial charge on any atom is 0.243 e. The smallest absolute Gasteiger partial charge is 0.243 e. The number of thioether (sulfide) groups is 1. The van der Waals surface area contributed by atoms with Crippen molar-refractivity contribution in [2.24, 2.45) is 0 Å². The summed E-state index contributed by atoms with van der Waals surface area (Å²) in [6.45, 7) is -0.343. The Morgan fingerprint density at radius 2 is 1.71 bits per heavy atom. The summed E-state index contributed by atoms with van der Waals surface area (Å²) >= 11 is 1.58. The Labute approximate surface area is 144 Å². The Balaban J connectivity index is 2.03. The highest BCUT2D eigenvalue weighted by Gasteiger charge is 2.23. The first-order valence-electron chi connectivity index (χ1n) is 6.99. The summed E-state index contributed by atoms with van der Waals surface area (Å²) in [6, 6.07) is 11.7. The van der Waals surface area contributed by atoms with Gasteiger partial charge in [-0.1, -0.05) is 0 Å². The van der Waals surface area contributed by atoms with Crippen molar-refractivity contribution in [2.75, 3.05) is 25.2 Å². The van der Waals surface area contributed by atoms with Gasteiger partial charge in [-0.2, -0.15) is 4.31 Å². The summed E-state index contributed by atoms with van der Waals surface area (Å²) in [6.07, 6.45) is 1.95. The lowest BCUT2D eigenvalue weighted by atomic mass is 10.3. The predicted molar refractivity (Wildman–Crippen MR) is 93.1 cm³/mol. The molecule has 0 unspecified atom stereocenters. The van der Waals surface area contributed by atoms with Crippen LogP contribution in [0, 0.1) is 5.82 Å². The molecular weight excluding hydrogens is 351 g/mol. The van der Waals surface area contributed by atoms with Gasteiger partial charge in [0.15, 0.2) is 0 Å². The molecule has 0 fully saturated rings. The molecule has 0 saturated heterocycles. The van der Waals surface area contributed by atoms with Gasteiger partial charge in [0, 0.05) is 17.6 Å². The first-order chi connectivity index (χ1) is 11.3. The summed E-state index contributed by atoms with van der Waals surface area (Å²) in [5.41, 5.74) is 0.588. The standard InChI is InChI=1S/C16H17FN2O3S2/c1-19(24(21,22)15-9-3-12(17)4-10-15)11-16(20)18-13-5-7-14(23-2)8-6-13/h3-10H,11H2,1-2H3,(H,18,20). The minimum Gasteiger partial charge on any atom is -0.325 e. The van der Waals surface area contributed by atoms with E-state index in [9.17, 15) is 17.6 Å². The summed E-state index contributed by atoms with van der Waals surface area (Å²) in [7, 11) is -2.55. The molecule has 0 aliphatic heterocycles. The summed E-state index contributed by atoms with van der Waals surface area (Å²) in [4.78, 5) is 13.0. The first-order valence-corrected chi connectivity index (χ1v) is 9.65. The highest BCUT2D eigenvalue weighted by molar-refractivity contribution is 7.98. The predicted octanol–water partition coefficient (Wildman–Crippen LogP) is 2.81. The number of carbonyl (C=O) groups is 1. The maximum atomic E-state index is 12.9. The molecule has 0 bridgehead atoms. The molecule has 2 aromatic rings. The zero-order valence-electron chi connectivity index (χ0n) is 13.2. The molecule has 0 atom stereocenters. The highest BCUT2D eigenvalue weighted by atomic mass is 32.2. The van der Waals surface area contributed by atoms with E-state index >= 15 is 0 Å². The lowest BCUT2D eigenvalue weighted by Gasteiger charge is -2.17. The number of nitrogens with one attached hydrogen (secondary N) is 1. The SMILES string of the molecule is CSc1ccc(NC(=O)CN(C)S(=O)(=O)c2ccc(F)cc2)cc1. The van der Waals surface area contributed by atoms with Crippen molar-refractivity contribution < 1.29 is 17.6 Å². The minimum absolute atomic E-state index is 0.0662. The Hall–Kier alpha value is -1.90. The molecule has 0 aliphatic rings. The van der Waals surface area contributed by atoms with E-state index in [1.807, 2.05) is 18.4 Å². The van der Waals surface area contributed by atoms with Crippen LogP contribution in [-0.4, -0.2) is 38.5 Å². The minimum atomic E-state index is -3.85. The second kappa shape index (κ2) is 7.78. The van der Waals surface area contributed by atoms with E-state index in [1.54, 1.807) is 23.9 Å². The fourth-order valence-corrected chi connectivity index (χ4v) is 3.48. The van der Waals surface area contributed by atoms with Crippen molar-refractivity contribution in [2.45, 2.75) is 9.79 Å². The number of halogens is 1. The topological polar surface area (TPSA) is 66.5 Å². The van der Waals surface area contributed by atoms with E-state index < -0.39 is 21.7 Å². The number of anilines is 1. The van der Waals surface area contributed by atoms with E-state index in [4.69, 9.17) is 0 Å². The van der Waals surface area contributed by atoms with E-state index in [1.165, 1.54) is 19.2 Å². The van der Waals surface area contributed by atoms with E-state index in [0.29, 0.717) is 5.69 Å². The van der Waals surface area contributed by atoms with Crippen LogP contribution in [0.15, 0.2) is 58.3 Å². The van der Waals surface area contributed by atoms with Crippen LogP contribution >= 0.6 is 11.8 Å². The van der Waals surface area contributed by atoms with Crippen molar-refractivity contribution >= 4 is 33.4 Å². The largest absolute Gasteiger partial charge is 0.325 e. The second-order valence-corrected chi connectivity index (χ2v) is 7.92. The third kappa shape index (κ3) is 4.56. The van der Waals surface area contributed by atoms with Gasteiger partial charge in [-0.15, -0.1) is 11.8 Å². The Morgan fingerprint density at radius 3 is 2.25 bits per heavy atom. The van der Waals surface area contributed by atoms with Crippen molar-refractivity contribution in [3.8, 4) is 0 Å². The van der Waals surface area contributed by atoms with Gasteiger partial charge in [0.25, 0.3) is 0 Å². The zero-order chi connectivity index (χ0) is 17.7. The average molecular weight is 368 g/mol. The normalized spacial score (nSPS) is 11.5. The number of carbonyl (C=O) groups excluding carboxylic acids is 1. The number of hydrogen-bond donors (Lipinski definition) is 1. The number of likely N-dealkylation sites (N-methyl/N-ethyl adjacent to an activating group) is 1. The van der Waals surface area contributed by atoms with Crippen LogP contribution in [0.25, 0.3) is 0 Å². The number of sulfonamides is 1. The number of hydrogen-bond acceptors (Lipinski definition) is 4. The van der Waals surface area contributed by atoms with Gasteiger partial charge < -0.3 is 5.32 Å². The molecule has 0 aliphatic carbocycles. The Morgan fingerprint density at radius 1 is 1.12 bits per heavy atom. The van der Waals surface area contributed by atoms with Gasteiger partial charge in [0.2, 0.25) is 15.9 Å². The van der Waals surface area contributed by atoms with E-state index in [0.717, 1.165) is 21.3 Å². The van der Waals surface area contributed by atoms with Crippen LogP contribution in [0.5, 0.6) is 0 Å². The monoisotopic (exact) mass is 368 g/mol. The highest BCUT2D eigenvalue weighted by Crippen LogP contribution is 2.18. The van der Waals surface area contributed by atoms with Crippen molar-refractivity contribution in [1.82, 2.24) is 4.31 Å². The molecule has 128 valence electrons. The third-order valence-corrected chi connectivity index (χ3v) is 5.82. The van der Waals surface area contributed by atoms with Crippen LogP contribution < -0.4 is 5.32 Å². The second-order valence-electron chi connectivity index (χ2n) is 4.99. The Bertz CT molecular complexity index is 806. The fourth-order valence-electron chi connectivity index (χ4n) is 1.95. The molecule has 0 saturated carbocycles. The van der Waals surface area contributed by atoms with Crippen LogP contribution in [0.2, 0.25) is 0 Å². The molecule has 1 amide bonds. The molecule has 2 aromatic carbocycles. The molecule has 8 heteroatoms. The van der Waals surface area contributed by atoms with E-state index in [-0.39, 0.29) is 11.4 Å². The van der Waals surface area contributed by atoms with Crippen molar-refractivity contribution in [1.29, 1.82) is 0 Å².